The maximum Gasteiger partial charge on any atom is 0.0782 e. The van der Waals surface area contributed by atoms with Gasteiger partial charge in [-0.2, -0.15) is 0 Å². The zero-order valence-corrected chi connectivity index (χ0v) is 33.6. The molecule has 62 heavy (non-hydrogen) atoms. The van der Waals surface area contributed by atoms with Gasteiger partial charge in [-0.05, 0) is 78.2 Å². The highest BCUT2D eigenvalue weighted by Gasteiger charge is 2.27. The van der Waals surface area contributed by atoms with Crippen molar-refractivity contribution in [2.45, 2.75) is 0 Å². The van der Waals surface area contributed by atoms with Crippen LogP contribution in [-0.2, 0) is 0 Å². The van der Waals surface area contributed by atoms with Gasteiger partial charge in [-0.1, -0.05) is 146 Å². The fraction of sp³-hybridized carbons (Fsp3) is 0. The number of nitrogens with zero attached hydrogens (tertiary/aromatic N) is 4. The average molecular weight is 789 g/mol. The molecule has 0 amide bonds. The molecule has 0 saturated heterocycles. The summed E-state index contributed by atoms with van der Waals surface area (Å²) in [4.78, 5) is 4.82. The van der Waals surface area contributed by atoms with Crippen molar-refractivity contribution in [1.29, 1.82) is 0 Å². The summed E-state index contributed by atoms with van der Waals surface area (Å²) in [5.74, 6) is 0. The molecular weight excluding hydrogens is 753 g/mol. The van der Waals surface area contributed by atoms with Crippen LogP contribution in [0, 0.1) is 0 Å². The second-order valence-corrected chi connectivity index (χ2v) is 16.5. The van der Waals surface area contributed by atoms with E-state index in [1.807, 2.05) is 0 Å². The molecule has 288 valence electrons. The van der Waals surface area contributed by atoms with Crippen LogP contribution in [0.4, 0.5) is 34.1 Å². The zero-order valence-electron chi connectivity index (χ0n) is 33.6. The van der Waals surface area contributed by atoms with Crippen LogP contribution in [0.3, 0.4) is 0 Å². The topological polar surface area (TPSA) is 15.3 Å². The molecule has 0 aliphatic carbocycles. The predicted octanol–water partition coefficient (Wildman–Crippen LogP) is 16.1. The molecule has 4 heteroatoms. The Morgan fingerprint density at radius 1 is 0.242 bits per heavy atom. The maximum absolute atomic E-state index is 2.56. The SMILES string of the molecule is c1ccc(N(c2ccccc2)c2cccc3c4cccc5c6c7c(ccc6n(c23)c45)ccc2c7c3cccc4c5cccc(N(c6ccccc6)c6ccccc6)c5n2c43)cc1. The Hall–Kier alpha value is -8.34. The van der Waals surface area contributed by atoms with Gasteiger partial charge in [-0.3, -0.25) is 0 Å². The lowest BCUT2D eigenvalue weighted by Gasteiger charge is -2.26. The van der Waals surface area contributed by atoms with Crippen molar-refractivity contribution in [1.82, 2.24) is 8.80 Å². The molecule has 0 N–H and O–H groups in total. The van der Waals surface area contributed by atoms with Gasteiger partial charge in [0.1, 0.15) is 0 Å². The predicted molar refractivity (Wildman–Crippen MR) is 263 cm³/mol. The molecule has 0 spiro atoms. The molecule has 0 atom stereocenters. The number of anilines is 6. The summed E-state index contributed by atoms with van der Waals surface area (Å²) in [6, 6.07) is 79.8. The lowest BCUT2D eigenvalue weighted by Crippen LogP contribution is -2.10. The molecule has 0 unspecified atom stereocenters. The minimum Gasteiger partial charge on any atom is -0.308 e. The zero-order chi connectivity index (χ0) is 40.5. The number of aromatic nitrogens is 2. The number of hydrogen-bond acceptors (Lipinski definition) is 2. The first-order chi connectivity index (χ1) is 30.8. The molecule has 4 nitrogen and oxygen atoms in total. The quantitative estimate of drug-likeness (QED) is 0.167. The van der Waals surface area contributed by atoms with Crippen molar-refractivity contribution in [3.8, 4) is 0 Å². The third kappa shape index (κ3) is 4.40. The molecule has 0 fully saturated rings. The number of fused-ring (bicyclic) bond motifs is 15. The third-order valence-electron chi connectivity index (χ3n) is 13.3. The Bertz CT molecular complexity index is 3680. The summed E-state index contributed by atoms with van der Waals surface area (Å²) < 4.78 is 5.12. The van der Waals surface area contributed by atoms with Crippen LogP contribution < -0.4 is 9.80 Å². The van der Waals surface area contributed by atoms with E-state index in [2.05, 4.69) is 237 Å². The fourth-order valence-electron chi connectivity index (χ4n) is 10.9. The van der Waals surface area contributed by atoms with E-state index in [1.54, 1.807) is 0 Å². The van der Waals surface area contributed by atoms with E-state index in [0.717, 1.165) is 34.1 Å². The number of para-hydroxylation sites is 8. The Morgan fingerprint density at radius 3 is 0.935 bits per heavy atom. The molecular formula is C58H36N4. The van der Waals surface area contributed by atoms with Gasteiger partial charge in [0.15, 0.2) is 0 Å². The van der Waals surface area contributed by atoms with Crippen molar-refractivity contribution in [3.05, 3.63) is 218 Å². The fourth-order valence-corrected chi connectivity index (χ4v) is 10.9. The van der Waals surface area contributed by atoms with Gasteiger partial charge in [0, 0.05) is 71.2 Å². The Balaban J connectivity index is 1.13. The van der Waals surface area contributed by atoms with Crippen LogP contribution in [0.1, 0.15) is 0 Å². The van der Waals surface area contributed by atoms with E-state index in [-0.39, 0.29) is 0 Å². The van der Waals surface area contributed by atoms with E-state index < -0.39 is 0 Å². The molecule has 4 aromatic heterocycles. The van der Waals surface area contributed by atoms with Crippen LogP contribution in [0.5, 0.6) is 0 Å². The first-order valence-electron chi connectivity index (χ1n) is 21.4. The van der Waals surface area contributed by atoms with E-state index in [1.165, 1.54) is 87.0 Å². The highest BCUT2D eigenvalue weighted by atomic mass is 15.2. The van der Waals surface area contributed by atoms with Crippen LogP contribution >= 0.6 is 0 Å². The molecule has 4 heterocycles. The smallest absolute Gasteiger partial charge is 0.0782 e. The molecule has 0 aliphatic heterocycles. The summed E-state index contributed by atoms with van der Waals surface area (Å²) in [5, 5.41) is 12.7. The summed E-state index contributed by atoms with van der Waals surface area (Å²) in [5.41, 5.74) is 14.2. The third-order valence-corrected chi connectivity index (χ3v) is 13.3. The summed E-state index contributed by atoms with van der Waals surface area (Å²) in [6.45, 7) is 0. The van der Waals surface area contributed by atoms with Crippen LogP contribution in [0.2, 0.25) is 0 Å². The van der Waals surface area contributed by atoms with Gasteiger partial charge in [-0.15, -0.1) is 0 Å². The average Bonchev–Trinajstić information content (AvgIpc) is 4.08. The van der Waals surface area contributed by atoms with Crippen molar-refractivity contribution in [3.63, 3.8) is 0 Å². The maximum atomic E-state index is 2.56. The molecule has 10 aromatic carbocycles. The Kier molecular flexibility index (Phi) is 6.80. The summed E-state index contributed by atoms with van der Waals surface area (Å²) in [7, 11) is 0. The largest absolute Gasteiger partial charge is 0.308 e. The minimum absolute atomic E-state index is 1.12. The van der Waals surface area contributed by atoms with E-state index in [9.17, 15) is 0 Å². The normalized spacial score (nSPS) is 12.2. The molecule has 0 bridgehead atoms. The number of rotatable bonds is 6. The minimum atomic E-state index is 1.12. The first kappa shape index (κ1) is 33.5. The van der Waals surface area contributed by atoms with Crippen LogP contribution in [0.15, 0.2) is 218 Å². The van der Waals surface area contributed by atoms with Crippen LogP contribution in [0.25, 0.3) is 87.0 Å². The second kappa shape index (κ2) is 12.6. The molecule has 14 aromatic rings. The van der Waals surface area contributed by atoms with E-state index in [4.69, 9.17) is 0 Å². The number of hydrogen-bond donors (Lipinski definition) is 0. The highest BCUT2D eigenvalue weighted by molar-refractivity contribution is 6.38. The summed E-state index contributed by atoms with van der Waals surface area (Å²) in [6.07, 6.45) is 0. The highest BCUT2D eigenvalue weighted by Crippen LogP contribution is 2.51. The van der Waals surface area contributed by atoms with E-state index >= 15 is 0 Å². The lowest BCUT2D eigenvalue weighted by molar-refractivity contribution is 1.27. The summed E-state index contributed by atoms with van der Waals surface area (Å²) >= 11 is 0. The number of benzene rings is 10. The van der Waals surface area contributed by atoms with E-state index in [0.29, 0.717) is 0 Å². The first-order valence-corrected chi connectivity index (χ1v) is 21.4. The van der Waals surface area contributed by atoms with Gasteiger partial charge in [0.05, 0.1) is 44.5 Å². The van der Waals surface area contributed by atoms with Gasteiger partial charge in [0.2, 0.25) is 0 Å². The Morgan fingerprint density at radius 2 is 0.565 bits per heavy atom. The van der Waals surface area contributed by atoms with Crippen LogP contribution in [-0.4, -0.2) is 8.80 Å². The van der Waals surface area contributed by atoms with Crippen molar-refractivity contribution in [2.24, 2.45) is 0 Å². The van der Waals surface area contributed by atoms with Gasteiger partial charge >= 0.3 is 0 Å². The second-order valence-electron chi connectivity index (χ2n) is 16.5. The van der Waals surface area contributed by atoms with Crippen molar-refractivity contribution >= 4 is 121 Å². The molecule has 0 radical (unpaired) electrons. The van der Waals surface area contributed by atoms with Crippen molar-refractivity contribution < 1.29 is 0 Å². The van der Waals surface area contributed by atoms with Gasteiger partial charge in [-0.25, -0.2) is 0 Å². The standard InChI is InChI=1S/C58H36N4/c1-5-17-38(18-6-1)59(39-19-7-2-8-20-39)50-31-15-27-44-42-25-13-29-46-53-48(61(55(42)46)57(44)50)35-33-37-34-36-49-54(52(37)53)47-30-14-26-43-45-28-16-32-51(58(45)62(49)56(43)47)60(40-21-9-3-10-22-40)41-23-11-4-12-24-41/h1-36H. The van der Waals surface area contributed by atoms with Gasteiger partial charge < -0.3 is 18.6 Å². The van der Waals surface area contributed by atoms with Crippen molar-refractivity contribution in [2.75, 3.05) is 9.80 Å². The lowest BCUT2D eigenvalue weighted by atomic mass is 9.97. The molecule has 14 rings (SSSR count). The molecule has 0 saturated carbocycles. The Labute approximate surface area is 356 Å². The monoisotopic (exact) mass is 788 g/mol. The molecule has 0 aliphatic rings. The van der Waals surface area contributed by atoms with Gasteiger partial charge in [0.25, 0.3) is 0 Å².